The lowest BCUT2D eigenvalue weighted by Gasteiger charge is -2.33. The van der Waals surface area contributed by atoms with Crippen LogP contribution in [-0.2, 0) is 14.7 Å². The lowest BCUT2D eigenvalue weighted by Crippen LogP contribution is -2.41. The molecule has 0 saturated carbocycles. The highest BCUT2D eigenvalue weighted by Gasteiger charge is 2.52. The van der Waals surface area contributed by atoms with Crippen LogP contribution in [0.1, 0.15) is 122 Å². The van der Waals surface area contributed by atoms with Crippen LogP contribution < -0.4 is 5.46 Å². The van der Waals surface area contributed by atoms with Gasteiger partial charge in [-0.2, -0.15) is 5.26 Å². The van der Waals surface area contributed by atoms with Crippen LogP contribution in [0.4, 0.5) is 0 Å². The molecule has 220 valence electrons. The number of nitriles is 1. The fourth-order valence-electron chi connectivity index (χ4n) is 6.93. The number of unbranched alkanes of at least 4 members (excludes halogenated alkanes) is 6. The Balaban J connectivity index is 1.62. The molecule has 0 atom stereocenters. The van der Waals surface area contributed by atoms with Crippen molar-refractivity contribution in [3.63, 3.8) is 0 Å². The first kappa shape index (κ1) is 30.6. The molecular weight excluding hydrogens is 513 g/mol. The zero-order valence-electron chi connectivity index (χ0n) is 26.7. The van der Waals surface area contributed by atoms with Crippen molar-refractivity contribution >= 4 is 12.6 Å². The second-order valence-electron chi connectivity index (χ2n) is 13.5. The summed E-state index contributed by atoms with van der Waals surface area (Å²) in [4.78, 5) is 0. The van der Waals surface area contributed by atoms with E-state index in [-0.39, 0.29) is 23.7 Å². The Labute approximate surface area is 254 Å². The van der Waals surface area contributed by atoms with Gasteiger partial charge in [0, 0.05) is 5.41 Å². The molecule has 0 N–H and O–H groups in total. The van der Waals surface area contributed by atoms with Crippen LogP contribution in [0.2, 0.25) is 0 Å². The highest BCUT2D eigenvalue weighted by molar-refractivity contribution is 6.62. The van der Waals surface area contributed by atoms with Gasteiger partial charge in [0.25, 0.3) is 0 Å². The quantitative estimate of drug-likeness (QED) is 0.163. The predicted molar refractivity (Wildman–Crippen MR) is 176 cm³/mol. The normalized spacial score (nSPS) is 17.6. The molecule has 0 radical (unpaired) electrons. The molecule has 0 spiro atoms. The second kappa shape index (κ2) is 12.4. The minimum atomic E-state index is -0.368. The Bertz CT molecular complexity index is 1400. The van der Waals surface area contributed by atoms with Gasteiger partial charge in [-0.05, 0) is 97.6 Å². The number of rotatable bonds is 12. The Kier molecular flexibility index (Phi) is 9.03. The fourth-order valence-corrected chi connectivity index (χ4v) is 6.93. The summed E-state index contributed by atoms with van der Waals surface area (Å²) < 4.78 is 13.1. The van der Waals surface area contributed by atoms with Crippen molar-refractivity contribution in [3.05, 3.63) is 77.4 Å². The van der Waals surface area contributed by atoms with Crippen molar-refractivity contribution in [1.82, 2.24) is 0 Å². The first-order valence-electron chi connectivity index (χ1n) is 16.3. The molecule has 4 heteroatoms. The van der Waals surface area contributed by atoms with Gasteiger partial charge >= 0.3 is 7.12 Å². The van der Waals surface area contributed by atoms with Crippen LogP contribution in [0, 0.1) is 11.3 Å². The molecule has 1 aliphatic carbocycles. The van der Waals surface area contributed by atoms with E-state index in [0.29, 0.717) is 5.56 Å². The maximum absolute atomic E-state index is 9.33. The minimum absolute atomic E-state index is 0.0333. The predicted octanol–water partition coefficient (Wildman–Crippen LogP) is 9.73. The first-order valence-corrected chi connectivity index (χ1v) is 16.3. The van der Waals surface area contributed by atoms with E-state index in [1.54, 1.807) is 0 Å². The standard InChI is InChI=1S/C38H48BNO2/c1-7-9-11-13-23-38(24-14-12-10-8-2)34-25-30(29-17-15-28(27-40)16-18-29)19-21-32(34)33-22-20-31(26-35(33)38)39-41-36(3,4)37(5,6)42-39/h15-22,25-26H,7-14,23-24H2,1-6H3. The largest absolute Gasteiger partial charge is 0.494 e. The third kappa shape index (κ3) is 5.71. The van der Waals surface area contributed by atoms with Gasteiger partial charge in [0.15, 0.2) is 0 Å². The number of hydrogen-bond donors (Lipinski definition) is 0. The molecule has 3 nitrogen and oxygen atoms in total. The molecule has 0 unspecified atom stereocenters. The minimum Gasteiger partial charge on any atom is -0.399 e. The highest BCUT2D eigenvalue weighted by Crippen LogP contribution is 2.55. The summed E-state index contributed by atoms with van der Waals surface area (Å²) in [6, 6.07) is 24.3. The highest BCUT2D eigenvalue weighted by atomic mass is 16.7. The first-order chi connectivity index (χ1) is 20.2. The number of hydrogen-bond acceptors (Lipinski definition) is 3. The molecular formula is C38H48BNO2. The summed E-state index contributed by atoms with van der Waals surface area (Å²) in [6.45, 7) is 13.1. The number of nitrogens with zero attached hydrogens (tertiary/aromatic N) is 1. The van der Waals surface area contributed by atoms with Crippen LogP contribution in [0.15, 0.2) is 60.7 Å². The molecule has 5 rings (SSSR count). The molecule has 2 aliphatic rings. The van der Waals surface area contributed by atoms with E-state index in [0.717, 1.165) is 23.9 Å². The Morgan fingerprint density at radius 3 is 1.71 bits per heavy atom. The molecule has 1 fully saturated rings. The van der Waals surface area contributed by atoms with Crippen LogP contribution in [0.5, 0.6) is 0 Å². The summed E-state index contributed by atoms with van der Waals surface area (Å²) in [6.07, 6.45) is 12.3. The third-order valence-corrected chi connectivity index (χ3v) is 10.2. The summed E-state index contributed by atoms with van der Waals surface area (Å²) in [5.74, 6) is 0. The molecule has 3 aromatic carbocycles. The zero-order valence-corrected chi connectivity index (χ0v) is 26.7. The monoisotopic (exact) mass is 561 g/mol. The SMILES string of the molecule is CCCCCCC1(CCCCCC)c2cc(B3OC(C)(C)C(C)(C)O3)ccc2-c2ccc(-c3ccc(C#N)cc3)cc21. The smallest absolute Gasteiger partial charge is 0.399 e. The lowest BCUT2D eigenvalue weighted by molar-refractivity contribution is 0.00578. The lowest BCUT2D eigenvalue weighted by atomic mass is 9.68. The van der Waals surface area contributed by atoms with Crippen LogP contribution in [-0.4, -0.2) is 18.3 Å². The van der Waals surface area contributed by atoms with Crippen molar-refractivity contribution in [2.24, 2.45) is 0 Å². The summed E-state index contributed by atoms with van der Waals surface area (Å²) >= 11 is 0. The van der Waals surface area contributed by atoms with Crippen molar-refractivity contribution < 1.29 is 9.31 Å². The molecule has 3 aromatic rings. The third-order valence-electron chi connectivity index (χ3n) is 10.2. The topological polar surface area (TPSA) is 42.2 Å². The van der Waals surface area contributed by atoms with Gasteiger partial charge in [-0.25, -0.2) is 0 Å². The Morgan fingerprint density at radius 2 is 1.17 bits per heavy atom. The molecule has 1 aliphatic heterocycles. The Morgan fingerprint density at radius 1 is 0.643 bits per heavy atom. The van der Waals surface area contributed by atoms with Gasteiger partial charge in [0.1, 0.15) is 0 Å². The second-order valence-corrected chi connectivity index (χ2v) is 13.5. The van der Waals surface area contributed by atoms with Crippen molar-refractivity contribution in [1.29, 1.82) is 5.26 Å². The molecule has 0 aromatic heterocycles. The summed E-state index contributed by atoms with van der Waals surface area (Å²) in [7, 11) is -0.365. The maximum Gasteiger partial charge on any atom is 0.494 e. The van der Waals surface area contributed by atoms with Crippen molar-refractivity contribution in [2.75, 3.05) is 0 Å². The summed E-state index contributed by atoms with van der Waals surface area (Å²) in [5, 5.41) is 9.33. The van der Waals surface area contributed by atoms with Crippen molar-refractivity contribution in [2.45, 2.75) is 122 Å². The van der Waals surface area contributed by atoms with E-state index in [9.17, 15) is 5.26 Å². The van der Waals surface area contributed by atoms with Gasteiger partial charge in [0.2, 0.25) is 0 Å². The Hall–Kier alpha value is -2.87. The van der Waals surface area contributed by atoms with Gasteiger partial charge in [-0.1, -0.05) is 108 Å². The van der Waals surface area contributed by atoms with E-state index in [4.69, 9.17) is 9.31 Å². The van der Waals surface area contributed by atoms with E-state index in [1.807, 2.05) is 12.1 Å². The van der Waals surface area contributed by atoms with Gasteiger partial charge in [-0.3, -0.25) is 0 Å². The van der Waals surface area contributed by atoms with E-state index >= 15 is 0 Å². The fraction of sp³-hybridized carbons (Fsp3) is 0.500. The maximum atomic E-state index is 9.33. The molecule has 1 heterocycles. The zero-order chi connectivity index (χ0) is 30.0. The average molecular weight is 562 g/mol. The van der Waals surface area contributed by atoms with Gasteiger partial charge in [0.05, 0.1) is 22.8 Å². The molecule has 1 saturated heterocycles. The molecule has 42 heavy (non-hydrogen) atoms. The molecule has 0 amide bonds. The van der Waals surface area contributed by atoms with Crippen molar-refractivity contribution in [3.8, 4) is 28.3 Å². The van der Waals surface area contributed by atoms with E-state index < -0.39 is 0 Å². The van der Waals surface area contributed by atoms with E-state index in [2.05, 4.69) is 96.1 Å². The van der Waals surface area contributed by atoms with Crippen LogP contribution in [0.3, 0.4) is 0 Å². The number of fused-ring (bicyclic) bond motifs is 3. The molecule has 0 bridgehead atoms. The van der Waals surface area contributed by atoms with Crippen LogP contribution in [0.25, 0.3) is 22.3 Å². The average Bonchev–Trinajstić information content (AvgIpc) is 3.38. The van der Waals surface area contributed by atoms with E-state index in [1.165, 1.54) is 79.2 Å². The van der Waals surface area contributed by atoms with Crippen LogP contribution >= 0.6 is 0 Å². The van der Waals surface area contributed by atoms with Gasteiger partial charge in [-0.15, -0.1) is 0 Å². The number of benzene rings is 3. The van der Waals surface area contributed by atoms with Gasteiger partial charge < -0.3 is 9.31 Å². The summed E-state index contributed by atoms with van der Waals surface area (Å²) in [5.41, 5.74) is 9.10.